The van der Waals surface area contributed by atoms with E-state index in [1.54, 1.807) is 14.2 Å². The highest BCUT2D eigenvalue weighted by atomic mass is 16.5. The highest BCUT2D eigenvalue weighted by Crippen LogP contribution is 2.47. The van der Waals surface area contributed by atoms with Gasteiger partial charge in [0.1, 0.15) is 11.5 Å². The molecule has 1 saturated carbocycles. The van der Waals surface area contributed by atoms with E-state index in [9.17, 15) is 4.79 Å². The Balaban J connectivity index is 1.27. The SMILES string of the molecule is COc1ccc(N2CCN(C(=O)NCC3(c4ccc(OC)cc4)CC3)CC2)cc1. The summed E-state index contributed by atoms with van der Waals surface area (Å²) in [5.41, 5.74) is 2.54. The predicted molar refractivity (Wildman–Crippen MR) is 114 cm³/mol. The van der Waals surface area contributed by atoms with E-state index in [1.165, 1.54) is 11.3 Å². The molecule has 29 heavy (non-hydrogen) atoms. The van der Waals surface area contributed by atoms with Gasteiger partial charge in [-0.2, -0.15) is 0 Å². The highest BCUT2D eigenvalue weighted by Gasteiger charge is 2.44. The number of benzene rings is 2. The quantitative estimate of drug-likeness (QED) is 0.816. The molecule has 1 aliphatic heterocycles. The minimum atomic E-state index is 0.0409. The van der Waals surface area contributed by atoms with Crippen LogP contribution in [0.5, 0.6) is 11.5 Å². The molecule has 1 aliphatic carbocycles. The van der Waals surface area contributed by atoms with Crippen LogP contribution in [-0.4, -0.2) is 57.9 Å². The van der Waals surface area contributed by atoms with Gasteiger partial charge in [-0.1, -0.05) is 12.1 Å². The zero-order valence-corrected chi connectivity index (χ0v) is 17.2. The van der Waals surface area contributed by atoms with Crippen LogP contribution in [0.1, 0.15) is 18.4 Å². The number of piperazine rings is 1. The van der Waals surface area contributed by atoms with Crippen molar-refractivity contribution in [2.24, 2.45) is 0 Å². The van der Waals surface area contributed by atoms with E-state index in [4.69, 9.17) is 9.47 Å². The van der Waals surface area contributed by atoms with Crippen molar-refractivity contribution in [1.82, 2.24) is 10.2 Å². The summed E-state index contributed by atoms with van der Waals surface area (Å²) in [5.74, 6) is 1.72. The molecule has 2 aromatic carbocycles. The van der Waals surface area contributed by atoms with Gasteiger partial charge in [0.25, 0.3) is 0 Å². The molecule has 0 bridgehead atoms. The minimum Gasteiger partial charge on any atom is -0.497 e. The molecule has 1 saturated heterocycles. The fourth-order valence-electron chi connectivity index (χ4n) is 3.98. The number of nitrogens with one attached hydrogen (secondary N) is 1. The van der Waals surface area contributed by atoms with Crippen LogP contribution >= 0.6 is 0 Å². The Kier molecular flexibility index (Phi) is 5.51. The van der Waals surface area contributed by atoms with Crippen molar-refractivity contribution in [3.05, 3.63) is 54.1 Å². The molecule has 4 rings (SSSR count). The average Bonchev–Trinajstić information content (AvgIpc) is 3.59. The maximum absolute atomic E-state index is 12.7. The smallest absolute Gasteiger partial charge is 0.317 e. The Hall–Kier alpha value is -2.89. The summed E-state index contributed by atoms with van der Waals surface area (Å²) in [6.07, 6.45) is 2.23. The normalized spacial score (nSPS) is 17.6. The van der Waals surface area contributed by atoms with E-state index in [0.29, 0.717) is 6.54 Å². The Morgan fingerprint density at radius 1 is 0.897 bits per heavy atom. The molecule has 2 aliphatic rings. The van der Waals surface area contributed by atoms with Gasteiger partial charge in [-0.3, -0.25) is 0 Å². The van der Waals surface area contributed by atoms with E-state index in [0.717, 1.165) is 50.5 Å². The maximum atomic E-state index is 12.7. The average molecular weight is 396 g/mol. The first-order chi connectivity index (χ1) is 14.1. The van der Waals surface area contributed by atoms with Crippen LogP contribution in [0.3, 0.4) is 0 Å². The number of anilines is 1. The first-order valence-corrected chi connectivity index (χ1v) is 10.2. The first-order valence-electron chi connectivity index (χ1n) is 10.2. The number of ether oxygens (including phenoxy) is 2. The van der Waals surface area contributed by atoms with Gasteiger partial charge < -0.3 is 24.6 Å². The van der Waals surface area contributed by atoms with Gasteiger partial charge in [-0.15, -0.1) is 0 Å². The van der Waals surface area contributed by atoms with Crippen LogP contribution in [0.15, 0.2) is 48.5 Å². The molecule has 0 atom stereocenters. The Morgan fingerprint density at radius 2 is 1.45 bits per heavy atom. The van der Waals surface area contributed by atoms with Gasteiger partial charge in [0.15, 0.2) is 0 Å². The zero-order chi connectivity index (χ0) is 20.3. The van der Waals surface area contributed by atoms with Crippen LogP contribution in [0.4, 0.5) is 10.5 Å². The second-order valence-electron chi connectivity index (χ2n) is 7.84. The Bertz CT molecular complexity index is 823. The third-order valence-corrected chi connectivity index (χ3v) is 6.14. The lowest BCUT2D eigenvalue weighted by molar-refractivity contribution is 0.193. The fraction of sp³-hybridized carbons (Fsp3) is 0.435. The van der Waals surface area contributed by atoms with Gasteiger partial charge in [0.05, 0.1) is 14.2 Å². The molecule has 2 fully saturated rings. The van der Waals surface area contributed by atoms with Crippen molar-refractivity contribution in [2.45, 2.75) is 18.3 Å². The first kappa shape index (κ1) is 19.4. The molecular formula is C23H29N3O3. The summed E-state index contributed by atoms with van der Waals surface area (Å²) in [6, 6.07) is 16.4. The number of rotatable bonds is 6. The van der Waals surface area contributed by atoms with Crippen LogP contribution in [0.25, 0.3) is 0 Å². The lowest BCUT2D eigenvalue weighted by atomic mass is 9.96. The van der Waals surface area contributed by atoms with Crippen molar-refractivity contribution in [1.29, 1.82) is 0 Å². The number of amides is 2. The zero-order valence-electron chi connectivity index (χ0n) is 17.2. The number of nitrogens with zero attached hydrogens (tertiary/aromatic N) is 2. The van der Waals surface area contributed by atoms with Crippen molar-refractivity contribution in [2.75, 3.05) is 51.8 Å². The second kappa shape index (κ2) is 8.23. The third-order valence-electron chi connectivity index (χ3n) is 6.14. The molecule has 0 radical (unpaired) electrons. The monoisotopic (exact) mass is 395 g/mol. The molecule has 1 N–H and O–H groups in total. The van der Waals surface area contributed by atoms with Crippen LogP contribution in [-0.2, 0) is 5.41 Å². The van der Waals surface area contributed by atoms with Crippen molar-refractivity contribution in [3.63, 3.8) is 0 Å². The van der Waals surface area contributed by atoms with E-state index < -0.39 is 0 Å². The van der Waals surface area contributed by atoms with Crippen molar-refractivity contribution < 1.29 is 14.3 Å². The topological polar surface area (TPSA) is 54.0 Å². The molecule has 2 aromatic rings. The Labute approximate surface area is 172 Å². The lowest BCUT2D eigenvalue weighted by Gasteiger charge is -2.36. The molecule has 154 valence electrons. The molecule has 0 unspecified atom stereocenters. The van der Waals surface area contributed by atoms with Gasteiger partial charge in [0.2, 0.25) is 0 Å². The molecule has 0 spiro atoms. The van der Waals surface area contributed by atoms with Crippen LogP contribution < -0.4 is 19.7 Å². The van der Waals surface area contributed by atoms with Crippen LogP contribution in [0.2, 0.25) is 0 Å². The van der Waals surface area contributed by atoms with Gasteiger partial charge in [0, 0.05) is 43.8 Å². The molecule has 0 aromatic heterocycles. The number of carbonyl (C=O) groups excluding carboxylic acids is 1. The third kappa shape index (κ3) is 4.26. The number of methoxy groups -OCH3 is 2. The number of hydrogen-bond donors (Lipinski definition) is 1. The second-order valence-corrected chi connectivity index (χ2v) is 7.84. The molecule has 1 heterocycles. The van der Waals surface area contributed by atoms with Crippen LogP contribution in [0, 0.1) is 0 Å². The molecular weight excluding hydrogens is 366 g/mol. The largest absolute Gasteiger partial charge is 0.497 e. The minimum absolute atomic E-state index is 0.0409. The number of urea groups is 1. The van der Waals surface area contributed by atoms with Gasteiger partial charge in [-0.05, 0) is 54.8 Å². The number of hydrogen-bond acceptors (Lipinski definition) is 4. The van der Waals surface area contributed by atoms with Gasteiger partial charge >= 0.3 is 6.03 Å². The lowest BCUT2D eigenvalue weighted by Crippen LogP contribution is -2.52. The molecule has 6 heteroatoms. The summed E-state index contributed by atoms with van der Waals surface area (Å²) in [4.78, 5) is 16.9. The summed E-state index contributed by atoms with van der Waals surface area (Å²) in [6.45, 7) is 3.82. The van der Waals surface area contributed by atoms with E-state index >= 15 is 0 Å². The summed E-state index contributed by atoms with van der Waals surface area (Å²) >= 11 is 0. The summed E-state index contributed by atoms with van der Waals surface area (Å²) in [5, 5.41) is 3.17. The molecule has 6 nitrogen and oxygen atoms in total. The summed E-state index contributed by atoms with van der Waals surface area (Å²) < 4.78 is 10.5. The number of carbonyl (C=O) groups is 1. The fourth-order valence-corrected chi connectivity index (χ4v) is 3.98. The maximum Gasteiger partial charge on any atom is 0.317 e. The van der Waals surface area contributed by atoms with E-state index in [2.05, 4.69) is 34.5 Å². The van der Waals surface area contributed by atoms with E-state index in [-0.39, 0.29) is 11.4 Å². The predicted octanol–water partition coefficient (Wildman–Crippen LogP) is 3.27. The van der Waals surface area contributed by atoms with Crippen molar-refractivity contribution in [3.8, 4) is 11.5 Å². The standard InChI is InChI=1S/C23H29N3O3/c1-28-20-7-3-18(4-8-20)23(11-12-23)17-24-22(27)26-15-13-25(14-16-26)19-5-9-21(29-2)10-6-19/h3-10H,11-17H2,1-2H3,(H,24,27). The molecule has 2 amide bonds. The summed E-state index contributed by atoms with van der Waals surface area (Å²) in [7, 11) is 3.35. The Morgan fingerprint density at radius 3 is 1.97 bits per heavy atom. The van der Waals surface area contributed by atoms with Crippen molar-refractivity contribution >= 4 is 11.7 Å². The highest BCUT2D eigenvalue weighted by molar-refractivity contribution is 5.75. The van der Waals surface area contributed by atoms with Gasteiger partial charge in [-0.25, -0.2) is 4.79 Å². The van der Waals surface area contributed by atoms with E-state index in [1.807, 2.05) is 29.2 Å².